The average Bonchev–Trinajstić information content (AvgIpc) is 3.27. The number of carbonyl (C=O) groups excluding carboxylic acids is 3. The lowest BCUT2D eigenvalue weighted by molar-refractivity contribution is -0.139. The molecule has 0 radical (unpaired) electrons. The van der Waals surface area contributed by atoms with Gasteiger partial charge in [0.2, 0.25) is 11.8 Å². The Morgan fingerprint density at radius 1 is 1.12 bits per heavy atom. The zero-order chi connectivity index (χ0) is 24.5. The van der Waals surface area contributed by atoms with Gasteiger partial charge in [-0.3, -0.25) is 19.9 Å². The molecule has 0 aliphatic carbocycles. The molecule has 34 heavy (non-hydrogen) atoms. The van der Waals surface area contributed by atoms with Crippen molar-refractivity contribution in [1.82, 2.24) is 15.7 Å². The van der Waals surface area contributed by atoms with Crippen LogP contribution in [0.25, 0.3) is 0 Å². The molecular weight excluding hydrogens is 460 g/mol. The van der Waals surface area contributed by atoms with Gasteiger partial charge in [-0.05, 0) is 30.5 Å². The molecule has 3 atom stereocenters. The molecule has 0 bridgehead atoms. The van der Waals surface area contributed by atoms with Crippen LogP contribution in [0.4, 0.5) is 4.79 Å². The molecule has 10 heteroatoms. The summed E-state index contributed by atoms with van der Waals surface area (Å²) >= 11 is 5.79. The van der Waals surface area contributed by atoms with Gasteiger partial charge in [0.25, 0.3) is 0 Å². The van der Waals surface area contributed by atoms with Crippen LogP contribution in [0.1, 0.15) is 18.1 Å². The second kappa shape index (κ2) is 12.2. The number of amides is 3. The van der Waals surface area contributed by atoms with Gasteiger partial charge in [-0.25, -0.2) is 9.69 Å². The number of ether oxygens (including phenoxy) is 1. The maximum absolute atomic E-state index is 13.2. The number of rotatable bonds is 9. The van der Waals surface area contributed by atoms with Gasteiger partial charge in [-0.1, -0.05) is 72.3 Å². The molecule has 0 saturated carbocycles. The predicted octanol–water partition coefficient (Wildman–Crippen LogP) is 2.21. The number of nitrogens with one attached hydrogen (secondary N) is 2. The Kier molecular flexibility index (Phi) is 9.03. The van der Waals surface area contributed by atoms with E-state index in [0.717, 1.165) is 16.0 Å². The van der Waals surface area contributed by atoms with E-state index in [0.29, 0.717) is 5.16 Å². The third-order valence-corrected chi connectivity index (χ3v) is 5.34. The first kappa shape index (κ1) is 25.2. The second-order valence-electron chi connectivity index (χ2n) is 7.74. The van der Waals surface area contributed by atoms with E-state index in [1.807, 2.05) is 36.4 Å². The van der Waals surface area contributed by atoms with E-state index in [4.69, 9.17) is 26.9 Å². The number of imide groups is 1. The monoisotopic (exact) mass is 486 g/mol. The smallest absolute Gasteiger partial charge is 0.417 e. The molecule has 3 amide bonds. The predicted molar refractivity (Wildman–Crippen MR) is 126 cm³/mol. The summed E-state index contributed by atoms with van der Waals surface area (Å²) in [5.41, 5.74) is 10.2. The van der Waals surface area contributed by atoms with Crippen molar-refractivity contribution in [2.45, 2.75) is 38.1 Å². The molecule has 1 unspecified atom stereocenters. The topological polar surface area (TPSA) is 123 Å². The van der Waals surface area contributed by atoms with Gasteiger partial charge in [0.05, 0.1) is 12.6 Å². The molecule has 0 fully saturated rings. The number of carbonyl (C=O) groups is 3. The van der Waals surface area contributed by atoms with Crippen LogP contribution in [0.5, 0.6) is 0 Å². The summed E-state index contributed by atoms with van der Waals surface area (Å²) in [5.74, 6) is -1.29. The maximum Gasteiger partial charge on any atom is 0.417 e. The summed E-state index contributed by atoms with van der Waals surface area (Å²) in [6.45, 7) is 1.46. The first-order valence-corrected chi connectivity index (χ1v) is 11.1. The van der Waals surface area contributed by atoms with Crippen molar-refractivity contribution in [3.05, 3.63) is 83.0 Å². The Balaban J connectivity index is 1.70. The quantitative estimate of drug-likeness (QED) is 0.464. The first-order chi connectivity index (χ1) is 16.3. The van der Waals surface area contributed by atoms with Crippen LogP contribution < -0.4 is 16.5 Å². The molecule has 1 heterocycles. The molecule has 0 aromatic heterocycles. The molecule has 0 saturated heterocycles. The van der Waals surface area contributed by atoms with Crippen LogP contribution >= 0.6 is 11.6 Å². The SMILES string of the molecule is C[C@@H](C(=O)NCC1C=C(Cl)NO1)N(C(=O)OCc1ccccc1)C(=O)[C@@H](N)Cc1ccccc1. The third kappa shape index (κ3) is 7.05. The van der Waals surface area contributed by atoms with E-state index in [-0.39, 0.29) is 19.6 Å². The molecule has 2 aromatic carbocycles. The van der Waals surface area contributed by atoms with Crippen molar-refractivity contribution in [2.75, 3.05) is 6.54 Å². The van der Waals surface area contributed by atoms with Crippen LogP contribution in [0.3, 0.4) is 0 Å². The number of halogens is 1. The van der Waals surface area contributed by atoms with Gasteiger partial charge in [-0.15, -0.1) is 0 Å². The zero-order valence-electron chi connectivity index (χ0n) is 18.6. The molecule has 2 aromatic rings. The fourth-order valence-electron chi connectivity index (χ4n) is 3.29. The standard InChI is InChI=1S/C24H27ClN4O5/c1-16(22(30)27-14-19-13-21(25)28-34-19)29(24(32)33-15-18-10-6-3-7-11-18)23(31)20(26)12-17-8-4-2-5-9-17/h2-11,13,16,19-20,28H,12,14-15,26H2,1H3,(H,27,30)/t16-,19?,20-/m0/s1. The Morgan fingerprint density at radius 3 is 2.32 bits per heavy atom. The normalized spacial score (nSPS) is 16.6. The Morgan fingerprint density at radius 2 is 1.74 bits per heavy atom. The van der Waals surface area contributed by atoms with E-state index in [1.165, 1.54) is 6.92 Å². The zero-order valence-corrected chi connectivity index (χ0v) is 19.4. The van der Waals surface area contributed by atoms with Crippen LogP contribution in [0, 0.1) is 0 Å². The van der Waals surface area contributed by atoms with Gasteiger partial charge in [-0.2, -0.15) is 0 Å². The van der Waals surface area contributed by atoms with Crippen molar-refractivity contribution in [2.24, 2.45) is 5.73 Å². The molecular formula is C24H27ClN4O5. The van der Waals surface area contributed by atoms with Gasteiger partial charge < -0.3 is 15.8 Å². The molecule has 0 spiro atoms. The summed E-state index contributed by atoms with van der Waals surface area (Å²) in [5, 5.41) is 2.95. The van der Waals surface area contributed by atoms with Crippen molar-refractivity contribution >= 4 is 29.5 Å². The van der Waals surface area contributed by atoms with Crippen LogP contribution in [0.2, 0.25) is 0 Å². The lowest BCUT2D eigenvalue weighted by atomic mass is 10.0. The number of hydroxylamine groups is 1. The number of nitrogens with zero attached hydrogens (tertiary/aromatic N) is 1. The van der Waals surface area contributed by atoms with Crippen molar-refractivity contribution in [3.63, 3.8) is 0 Å². The van der Waals surface area contributed by atoms with Gasteiger partial charge in [0, 0.05) is 0 Å². The van der Waals surface area contributed by atoms with Crippen LogP contribution in [-0.2, 0) is 32.2 Å². The highest BCUT2D eigenvalue weighted by molar-refractivity contribution is 6.29. The minimum Gasteiger partial charge on any atom is -0.444 e. The summed E-state index contributed by atoms with van der Waals surface area (Å²) in [4.78, 5) is 44.9. The average molecular weight is 487 g/mol. The van der Waals surface area contributed by atoms with E-state index in [2.05, 4.69) is 10.8 Å². The van der Waals surface area contributed by atoms with Gasteiger partial charge >= 0.3 is 6.09 Å². The highest BCUT2D eigenvalue weighted by Gasteiger charge is 2.36. The number of hydrogen-bond acceptors (Lipinski definition) is 7. The first-order valence-electron chi connectivity index (χ1n) is 10.7. The lowest BCUT2D eigenvalue weighted by Crippen LogP contribution is -2.56. The highest BCUT2D eigenvalue weighted by Crippen LogP contribution is 2.13. The summed E-state index contributed by atoms with van der Waals surface area (Å²) in [6, 6.07) is 15.9. The van der Waals surface area contributed by atoms with Gasteiger partial charge in [0.15, 0.2) is 0 Å². The van der Waals surface area contributed by atoms with Crippen molar-refractivity contribution in [1.29, 1.82) is 0 Å². The van der Waals surface area contributed by atoms with E-state index >= 15 is 0 Å². The Hall–Kier alpha value is -3.40. The molecule has 4 N–H and O–H groups in total. The molecule has 180 valence electrons. The fraction of sp³-hybridized carbons (Fsp3) is 0.292. The largest absolute Gasteiger partial charge is 0.444 e. The lowest BCUT2D eigenvalue weighted by Gasteiger charge is -2.28. The number of benzene rings is 2. The highest BCUT2D eigenvalue weighted by atomic mass is 35.5. The van der Waals surface area contributed by atoms with E-state index in [1.54, 1.807) is 30.3 Å². The van der Waals surface area contributed by atoms with Crippen LogP contribution in [0.15, 0.2) is 71.9 Å². The Labute approximate surface area is 202 Å². The van der Waals surface area contributed by atoms with E-state index in [9.17, 15) is 14.4 Å². The molecule has 9 nitrogen and oxygen atoms in total. The van der Waals surface area contributed by atoms with Crippen LogP contribution in [-0.4, -0.2) is 47.5 Å². The molecule has 1 aliphatic rings. The second-order valence-corrected chi connectivity index (χ2v) is 8.15. The summed E-state index contributed by atoms with van der Waals surface area (Å²) < 4.78 is 5.34. The Bertz CT molecular complexity index is 1020. The number of nitrogens with two attached hydrogens (primary N) is 1. The van der Waals surface area contributed by atoms with Crippen molar-refractivity contribution in [3.8, 4) is 0 Å². The molecule has 3 rings (SSSR count). The molecule has 1 aliphatic heterocycles. The minimum atomic E-state index is -1.17. The third-order valence-electron chi connectivity index (χ3n) is 5.14. The minimum absolute atomic E-state index is 0.0589. The summed E-state index contributed by atoms with van der Waals surface area (Å²) in [7, 11) is 0. The van der Waals surface area contributed by atoms with Crippen molar-refractivity contribution < 1.29 is 24.0 Å². The van der Waals surface area contributed by atoms with Gasteiger partial charge in [0.1, 0.15) is 23.9 Å². The van der Waals surface area contributed by atoms with E-state index < -0.39 is 36.1 Å². The maximum atomic E-state index is 13.2. The summed E-state index contributed by atoms with van der Waals surface area (Å²) in [6.07, 6.45) is 0.334. The number of hydrogen-bond donors (Lipinski definition) is 3. The fourth-order valence-corrected chi connectivity index (χ4v) is 3.48.